The molecule has 0 amide bonds. The molecule has 0 aromatic heterocycles. The summed E-state index contributed by atoms with van der Waals surface area (Å²) in [6.45, 7) is 0. The highest BCUT2D eigenvalue weighted by atomic mass is 35.5. The molecule has 2 aromatic carbocycles. The van der Waals surface area contributed by atoms with Gasteiger partial charge in [0.05, 0.1) is 25.2 Å². The molecule has 20 heavy (non-hydrogen) atoms. The van der Waals surface area contributed by atoms with Crippen molar-refractivity contribution < 1.29 is 9.47 Å². The first-order valence-electron chi connectivity index (χ1n) is 5.88. The number of alkyl halides is 1. The van der Waals surface area contributed by atoms with Crippen LogP contribution in [0.2, 0.25) is 10.0 Å². The number of halogens is 3. The van der Waals surface area contributed by atoms with Crippen LogP contribution in [0, 0.1) is 0 Å². The maximum Gasteiger partial charge on any atom is 0.127 e. The predicted molar refractivity (Wildman–Crippen MR) is 83.7 cm³/mol. The zero-order chi connectivity index (χ0) is 14.7. The average molecular weight is 332 g/mol. The Bertz CT molecular complexity index is 592. The fourth-order valence-corrected chi connectivity index (χ4v) is 2.97. The van der Waals surface area contributed by atoms with Crippen LogP contribution >= 0.6 is 34.8 Å². The van der Waals surface area contributed by atoms with Crippen molar-refractivity contribution in [1.29, 1.82) is 0 Å². The molecule has 0 saturated carbocycles. The number of methoxy groups -OCH3 is 2. The summed E-state index contributed by atoms with van der Waals surface area (Å²) in [4.78, 5) is 0. The van der Waals surface area contributed by atoms with E-state index >= 15 is 0 Å². The normalized spacial score (nSPS) is 12.1. The molecule has 0 bridgehead atoms. The van der Waals surface area contributed by atoms with E-state index in [1.807, 2.05) is 18.2 Å². The molecule has 0 heterocycles. The molecule has 2 aromatic rings. The van der Waals surface area contributed by atoms with E-state index in [-0.39, 0.29) is 0 Å². The minimum absolute atomic E-state index is 0.495. The first kappa shape index (κ1) is 15.3. The van der Waals surface area contributed by atoms with Crippen LogP contribution in [0.25, 0.3) is 0 Å². The molecule has 0 aliphatic heterocycles. The molecule has 1 unspecified atom stereocenters. The summed E-state index contributed by atoms with van der Waals surface area (Å²) in [5.41, 5.74) is 1.49. The van der Waals surface area contributed by atoms with Crippen molar-refractivity contribution in [1.82, 2.24) is 0 Å². The van der Waals surface area contributed by atoms with E-state index in [1.54, 1.807) is 32.4 Å². The fraction of sp³-hybridized carbons (Fsp3) is 0.200. The van der Waals surface area contributed by atoms with Gasteiger partial charge >= 0.3 is 0 Å². The van der Waals surface area contributed by atoms with Gasteiger partial charge in [0.2, 0.25) is 0 Å². The largest absolute Gasteiger partial charge is 0.496 e. The van der Waals surface area contributed by atoms with Gasteiger partial charge in [-0.1, -0.05) is 35.3 Å². The molecule has 2 rings (SSSR count). The molecule has 5 heteroatoms. The Labute approximate surface area is 133 Å². The van der Waals surface area contributed by atoms with Crippen molar-refractivity contribution in [3.05, 3.63) is 57.6 Å². The van der Waals surface area contributed by atoms with Gasteiger partial charge in [-0.2, -0.15) is 0 Å². The molecule has 2 nitrogen and oxygen atoms in total. The minimum atomic E-state index is -0.495. The standard InChI is InChI=1S/C15H13Cl3O2/c1-19-12-4-3-5-13(20-2)14(12)15(18)10-7-6-9(16)8-11(10)17/h3-8,15H,1-2H3. The lowest BCUT2D eigenvalue weighted by atomic mass is 10.0. The second-order valence-electron chi connectivity index (χ2n) is 4.10. The van der Waals surface area contributed by atoms with E-state index in [4.69, 9.17) is 44.3 Å². The Morgan fingerprint density at radius 2 is 1.55 bits per heavy atom. The summed E-state index contributed by atoms with van der Waals surface area (Å²) in [5, 5.41) is 0.575. The molecule has 0 saturated heterocycles. The smallest absolute Gasteiger partial charge is 0.127 e. The van der Waals surface area contributed by atoms with Gasteiger partial charge in [-0.3, -0.25) is 0 Å². The predicted octanol–water partition coefficient (Wildman–Crippen LogP) is 5.34. The van der Waals surface area contributed by atoms with Gasteiger partial charge in [0.1, 0.15) is 11.5 Å². The van der Waals surface area contributed by atoms with Crippen molar-refractivity contribution in [3.63, 3.8) is 0 Å². The Morgan fingerprint density at radius 3 is 2.05 bits per heavy atom. The molecule has 0 aliphatic rings. The molecule has 106 valence electrons. The molecule has 0 spiro atoms. The Hall–Kier alpha value is -1.09. The van der Waals surface area contributed by atoms with E-state index in [0.717, 1.165) is 11.1 Å². The number of hydrogen-bond donors (Lipinski definition) is 0. The maximum atomic E-state index is 6.57. The molecule has 0 aliphatic carbocycles. The van der Waals surface area contributed by atoms with Crippen molar-refractivity contribution in [2.75, 3.05) is 14.2 Å². The average Bonchev–Trinajstić information content (AvgIpc) is 2.45. The SMILES string of the molecule is COc1cccc(OC)c1C(Cl)c1ccc(Cl)cc1Cl. The third-order valence-electron chi connectivity index (χ3n) is 2.95. The first-order chi connectivity index (χ1) is 9.58. The molecule has 0 N–H and O–H groups in total. The minimum Gasteiger partial charge on any atom is -0.496 e. The van der Waals surface area contributed by atoms with Crippen LogP contribution in [0.4, 0.5) is 0 Å². The van der Waals surface area contributed by atoms with Gasteiger partial charge in [-0.25, -0.2) is 0 Å². The lowest BCUT2D eigenvalue weighted by molar-refractivity contribution is 0.386. The van der Waals surface area contributed by atoms with Crippen molar-refractivity contribution in [2.45, 2.75) is 5.38 Å². The van der Waals surface area contributed by atoms with Gasteiger partial charge < -0.3 is 9.47 Å². The highest BCUT2D eigenvalue weighted by molar-refractivity contribution is 6.36. The third kappa shape index (κ3) is 2.98. The topological polar surface area (TPSA) is 18.5 Å². The lowest BCUT2D eigenvalue weighted by Gasteiger charge is -2.18. The molecule has 0 radical (unpaired) electrons. The Kier molecular flexibility index (Phi) is 5.03. The summed E-state index contributed by atoms with van der Waals surface area (Å²) in [7, 11) is 3.18. The fourth-order valence-electron chi connectivity index (χ4n) is 1.99. The Morgan fingerprint density at radius 1 is 0.950 bits per heavy atom. The number of benzene rings is 2. The zero-order valence-corrected chi connectivity index (χ0v) is 13.3. The number of rotatable bonds is 4. The van der Waals surface area contributed by atoms with E-state index < -0.39 is 5.38 Å². The number of ether oxygens (including phenoxy) is 2. The second kappa shape index (κ2) is 6.57. The van der Waals surface area contributed by atoms with E-state index in [2.05, 4.69) is 0 Å². The Balaban J connectivity index is 2.55. The van der Waals surface area contributed by atoms with Crippen LogP contribution in [0.3, 0.4) is 0 Å². The van der Waals surface area contributed by atoms with Crippen LogP contribution < -0.4 is 9.47 Å². The molecule has 1 atom stereocenters. The van der Waals surface area contributed by atoms with E-state index in [1.165, 1.54) is 0 Å². The van der Waals surface area contributed by atoms with Crippen LogP contribution in [-0.2, 0) is 0 Å². The number of hydrogen-bond acceptors (Lipinski definition) is 2. The summed E-state index contributed by atoms with van der Waals surface area (Å²) in [5.74, 6) is 1.30. The van der Waals surface area contributed by atoms with E-state index in [9.17, 15) is 0 Å². The van der Waals surface area contributed by atoms with Gasteiger partial charge in [0, 0.05) is 10.0 Å². The van der Waals surface area contributed by atoms with Crippen LogP contribution in [0.5, 0.6) is 11.5 Å². The van der Waals surface area contributed by atoms with E-state index in [0.29, 0.717) is 21.5 Å². The highest BCUT2D eigenvalue weighted by Gasteiger charge is 2.22. The quantitative estimate of drug-likeness (QED) is 0.704. The third-order valence-corrected chi connectivity index (χ3v) is 3.97. The maximum absolute atomic E-state index is 6.57. The first-order valence-corrected chi connectivity index (χ1v) is 7.07. The molecule has 0 fully saturated rings. The molecular formula is C15H13Cl3O2. The highest BCUT2D eigenvalue weighted by Crippen LogP contribution is 2.43. The second-order valence-corrected chi connectivity index (χ2v) is 5.38. The lowest BCUT2D eigenvalue weighted by Crippen LogP contribution is -2.01. The summed E-state index contributed by atoms with van der Waals surface area (Å²) < 4.78 is 10.7. The van der Waals surface area contributed by atoms with Gasteiger partial charge in [0.25, 0.3) is 0 Å². The molecular weight excluding hydrogens is 319 g/mol. The van der Waals surface area contributed by atoms with Crippen molar-refractivity contribution >= 4 is 34.8 Å². The van der Waals surface area contributed by atoms with Crippen molar-refractivity contribution in [2.24, 2.45) is 0 Å². The zero-order valence-electron chi connectivity index (χ0n) is 11.0. The van der Waals surface area contributed by atoms with Crippen LogP contribution in [0.15, 0.2) is 36.4 Å². The summed E-state index contributed by atoms with van der Waals surface area (Å²) in [6, 6.07) is 10.7. The monoisotopic (exact) mass is 330 g/mol. The summed E-state index contributed by atoms with van der Waals surface area (Å²) in [6.07, 6.45) is 0. The van der Waals surface area contributed by atoms with Gasteiger partial charge in [-0.05, 0) is 29.8 Å². The van der Waals surface area contributed by atoms with Gasteiger partial charge in [-0.15, -0.1) is 11.6 Å². The van der Waals surface area contributed by atoms with Gasteiger partial charge in [0.15, 0.2) is 0 Å². The van der Waals surface area contributed by atoms with Crippen LogP contribution in [-0.4, -0.2) is 14.2 Å². The summed E-state index contributed by atoms with van der Waals surface area (Å²) >= 11 is 18.7. The van der Waals surface area contributed by atoms with Crippen molar-refractivity contribution in [3.8, 4) is 11.5 Å². The van der Waals surface area contributed by atoms with Crippen LogP contribution in [0.1, 0.15) is 16.5 Å².